The first-order chi connectivity index (χ1) is 8.08. The van der Waals surface area contributed by atoms with Crippen LogP contribution in [0.5, 0.6) is 0 Å². The summed E-state index contributed by atoms with van der Waals surface area (Å²) >= 11 is 0. The maximum atomic E-state index is 12.1. The van der Waals surface area contributed by atoms with Crippen molar-refractivity contribution in [3.8, 4) is 6.07 Å². The lowest BCUT2D eigenvalue weighted by Gasteiger charge is -2.36. The fourth-order valence-electron chi connectivity index (χ4n) is 2.08. The van der Waals surface area contributed by atoms with Gasteiger partial charge in [-0.1, -0.05) is 12.1 Å². The molecule has 1 aliphatic carbocycles. The molecule has 0 bridgehead atoms. The number of carbonyl (C=O) groups excluding carboxylic acids is 1. The highest BCUT2D eigenvalue weighted by molar-refractivity contribution is 5.96. The van der Waals surface area contributed by atoms with Crippen molar-refractivity contribution >= 4 is 5.91 Å². The van der Waals surface area contributed by atoms with Gasteiger partial charge < -0.3 is 5.32 Å². The minimum absolute atomic E-state index is 0.132. The second-order valence-electron chi connectivity index (χ2n) is 4.75. The average Bonchev–Trinajstić information content (AvgIpc) is 2.27. The largest absolute Gasteiger partial charge is 0.334 e. The number of aryl methyl sites for hydroxylation is 1. The number of nitrogens with one attached hydrogen (secondary N) is 1. The molecule has 88 valence electrons. The number of hydrogen-bond donors (Lipinski definition) is 1. The van der Waals surface area contributed by atoms with Crippen LogP contribution in [0.15, 0.2) is 18.2 Å². The summed E-state index contributed by atoms with van der Waals surface area (Å²) in [5, 5.41) is 12.0. The zero-order chi connectivity index (χ0) is 12.5. The number of rotatable bonds is 2. The van der Waals surface area contributed by atoms with E-state index in [2.05, 4.69) is 11.4 Å². The summed E-state index contributed by atoms with van der Waals surface area (Å²) in [5.41, 5.74) is 2.13. The number of carbonyl (C=O) groups is 1. The second kappa shape index (κ2) is 4.21. The van der Waals surface area contributed by atoms with E-state index in [1.54, 1.807) is 6.07 Å². The molecule has 1 amide bonds. The van der Waals surface area contributed by atoms with Crippen molar-refractivity contribution in [3.63, 3.8) is 0 Å². The van der Waals surface area contributed by atoms with E-state index in [9.17, 15) is 4.79 Å². The summed E-state index contributed by atoms with van der Waals surface area (Å²) in [5.74, 6) is -0.132. The molecule has 0 aromatic heterocycles. The lowest BCUT2D eigenvalue weighted by atomic mass is 9.78. The minimum atomic E-state index is -0.618. The van der Waals surface area contributed by atoms with Crippen molar-refractivity contribution < 1.29 is 4.79 Å². The highest BCUT2D eigenvalue weighted by Gasteiger charge is 2.38. The van der Waals surface area contributed by atoms with Gasteiger partial charge in [-0.25, -0.2) is 0 Å². The molecule has 3 nitrogen and oxygen atoms in total. The zero-order valence-electron chi connectivity index (χ0n) is 10.2. The van der Waals surface area contributed by atoms with Gasteiger partial charge in [0.05, 0.1) is 6.07 Å². The number of benzene rings is 1. The first-order valence-electron chi connectivity index (χ1n) is 5.88. The van der Waals surface area contributed by atoms with Crippen molar-refractivity contribution in [2.24, 2.45) is 0 Å². The van der Waals surface area contributed by atoms with Crippen molar-refractivity contribution in [2.45, 2.75) is 38.6 Å². The van der Waals surface area contributed by atoms with Crippen LogP contribution in [0.4, 0.5) is 0 Å². The molecule has 1 fully saturated rings. The Labute approximate surface area is 101 Å². The molecule has 3 heteroatoms. The van der Waals surface area contributed by atoms with E-state index in [0.717, 1.165) is 30.4 Å². The molecule has 0 radical (unpaired) electrons. The Morgan fingerprint density at radius 1 is 1.41 bits per heavy atom. The quantitative estimate of drug-likeness (QED) is 0.845. The molecule has 1 saturated carbocycles. The van der Waals surface area contributed by atoms with Gasteiger partial charge in [0.1, 0.15) is 5.54 Å². The highest BCUT2D eigenvalue weighted by atomic mass is 16.1. The smallest absolute Gasteiger partial charge is 0.252 e. The lowest BCUT2D eigenvalue weighted by Crippen LogP contribution is -2.52. The van der Waals surface area contributed by atoms with Gasteiger partial charge in [0, 0.05) is 5.56 Å². The molecule has 0 atom stereocenters. The highest BCUT2D eigenvalue weighted by Crippen LogP contribution is 2.31. The number of nitrogens with zero attached hydrogens (tertiary/aromatic N) is 1. The first-order valence-corrected chi connectivity index (χ1v) is 5.88. The minimum Gasteiger partial charge on any atom is -0.334 e. The third-order valence-electron chi connectivity index (χ3n) is 3.62. The maximum absolute atomic E-state index is 12.1. The van der Waals surface area contributed by atoms with Gasteiger partial charge in [-0.2, -0.15) is 5.26 Å². The van der Waals surface area contributed by atoms with Crippen LogP contribution in [0.25, 0.3) is 0 Å². The molecule has 0 unspecified atom stereocenters. The standard InChI is InChI=1S/C14H16N2O/c1-10-5-3-6-12(11(10)2)13(17)16-14(9-15)7-4-8-14/h3,5-6H,4,7-8H2,1-2H3,(H,16,17). The van der Waals surface area contributed by atoms with Gasteiger partial charge in [-0.15, -0.1) is 0 Å². The summed E-state index contributed by atoms with van der Waals surface area (Å²) in [6.45, 7) is 3.92. The third kappa shape index (κ3) is 2.03. The molecular weight excluding hydrogens is 212 g/mol. The summed E-state index contributed by atoms with van der Waals surface area (Å²) in [6.07, 6.45) is 2.54. The number of nitriles is 1. The van der Waals surface area contributed by atoms with Gasteiger partial charge in [0.25, 0.3) is 5.91 Å². The van der Waals surface area contributed by atoms with Gasteiger partial charge in [0.15, 0.2) is 0 Å². The Bertz CT molecular complexity index is 495. The molecular formula is C14H16N2O. The lowest BCUT2D eigenvalue weighted by molar-refractivity contribution is 0.0881. The Hall–Kier alpha value is -1.82. The Kier molecular flexibility index (Phi) is 2.89. The van der Waals surface area contributed by atoms with Crippen molar-refractivity contribution in [1.29, 1.82) is 5.26 Å². The molecule has 0 heterocycles. The second-order valence-corrected chi connectivity index (χ2v) is 4.75. The molecule has 1 aromatic carbocycles. The van der Waals surface area contributed by atoms with E-state index >= 15 is 0 Å². The van der Waals surface area contributed by atoms with Crippen LogP contribution in [-0.4, -0.2) is 11.4 Å². The summed E-state index contributed by atoms with van der Waals surface area (Å²) in [7, 11) is 0. The summed E-state index contributed by atoms with van der Waals surface area (Å²) < 4.78 is 0. The van der Waals surface area contributed by atoms with Gasteiger partial charge in [-0.3, -0.25) is 4.79 Å². The van der Waals surface area contributed by atoms with Crippen LogP contribution in [0.3, 0.4) is 0 Å². The van der Waals surface area contributed by atoms with E-state index in [-0.39, 0.29) is 5.91 Å². The predicted octanol–water partition coefficient (Wildman–Crippen LogP) is 2.48. The van der Waals surface area contributed by atoms with Crippen LogP contribution in [0.1, 0.15) is 40.7 Å². The number of amides is 1. The fraction of sp³-hybridized carbons (Fsp3) is 0.429. The van der Waals surface area contributed by atoms with Gasteiger partial charge >= 0.3 is 0 Å². The van der Waals surface area contributed by atoms with Crippen molar-refractivity contribution in [1.82, 2.24) is 5.32 Å². The van der Waals surface area contributed by atoms with E-state index < -0.39 is 5.54 Å². The third-order valence-corrected chi connectivity index (χ3v) is 3.62. The maximum Gasteiger partial charge on any atom is 0.252 e. The molecule has 1 N–H and O–H groups in total. The first kappa shape index (κ1) is 11.7. The van der Waals surface area contributed by atoms with Crippen LogP contribution in [0.2, 0.25) is 0 Å². The van der Waals surface area contributed by atoms with Crippen molar-refractivity contribution in [2.75, 3.05) is 0 Å². The fourth-order valence-corrected chi connectivity index (χ4v) is 2.08. The molecule has 0 spiro atoms. The van der Waals surface area contributed by atoms with Gasteiger partial charge in [0.2, 0.25) is 0 Å². The van der Waals surface area contributed by atoms with E-state index in [1.165, 1.54) is 0 Å². The SMILES string of the molecule is Cc1cccc(C(=O)NC2(C#N)CCC2)c1C. The van der Waals surface area contributed by atoms with Crippen LogP contribution >= 0.6 is 0 Å². The molecule has 17 heavy (non-hydrogen) atoms. The molecule has 0 saturated heterocycles. The van der Waals surface area contributed by atoms with Crippen LogP contribution in [0, 0.1) is 25.2 Å². The zero-order valence-corrected chi connectivity index (χ0v) is 10.2. The van der Waals surface area contributed by atoms with Crippen LogP contribution in [-0.2, 0) is 0 Å². The van der Waals surface area contributed by atoms with Crippen molar-refractivity contribution in [3.05, 3.63) is 34.9 Å². The number of hydrogen-bond acceptors (Lipinski definition) is 2. The predicted molar refractivity (Wildman–Crippen MR) is 65.6 cm³/mol. The Morgan fingerprint density at radius 2 is 2.12 bits per heavy atom. The monoisotopic (exact) mass is 228 g/mol. The topological polar surface area (TPSA) is 52.9 Å². The Morgan fingerprint density at radius 3 is 2.65 bits per heavy atom. The summed E-state index contributed by atoms with van der Waals surface area (Å²) in [6, 6.07) is 7.88. The van der Waals surface area contributed by atoms with Gasteiger partial charge in [-0.05, 0) is 50.3 Å². The molecule has 0 aliphatic heterocycles. The Balaban J connectivity index is 2.21. The van der Waals surface area contributed by atoms with E-state index in [1.807, 2.05) is 26.0 Å². The summed E-state index contributed by atoms with van der Waals surface area (Å²) in [4.78, 5) is 12.1. The van der Waals surface area contributed by atoms with E-state index in [4.69, 9.17) is 5.26 Å². The van der Waals surface area contributed by atoms with E-state index in [0.29, 0.717) is 5.56 Å². The molecule has 2 rings (SSSR count). The normalized spacial score (nSPS) is 16.8. The molecule has 1 aliphatic rings. The van der Waals surface area contributed by atoms with Crippen LogP contribution < -0.4 is 5.32 Å². The average molecular weight is 228 g/mol. The molecule has 1 aromatic rings.